The third-order valence-electron chi connectivity index (χ3n) is 3.97. The van der Waals surface area contributed by atoms with E-state index >= 15 is 0 Å². The SMILES string of the molecule is COc1ccc(C(=O)OC2=CC3C=CC(O3)C2(C)C)cc1. The normalized spacial score (nSPS) is 25.4. The van der Waals surface area contributed by atoms with Crippen LogP contribution in [0.3, 0.4) is 0 Å². The van der Waals surface area contributed by atoms with Crippen LogP contribution in [0.2, 0.25) is 0 Å². The molecule has 0 spiro atoms. The second kappa shape index (κ2) is 5.04. The molecule has 1 aromatic carbocycles. The van der Waals surface area contributed by atoms with Crippen molar-refractivity contribution in [1.29, 1.82) is 0 Å². The summed E-state index contributed by atoms with van der Waals surface area (Å²) in [5.74, 6) is 1.01. The minimum atomic E-state index is -0.363. The van der Waals surface area contributed by atoms with Gasteiger partial charge in [-0.2, -0.15) is 0 Å². The van der Waals surface area contributed by atoms with E-state index in [1.807, 2.05) is 32.1 Å². The number of fused-ring (bicyclic) bond motifs is 2. The fourth-order valence-electron chi connectivity index (χ4n) is 2.53. The Morgan fingerprint density at radius 1 is 1.19 bits per heavy atom. The zero-order chi connectivity index (χ0) is 15.0. The number of carbonyl (C=O) groups is 1. The molecular formula is C17H18O4. The molecule has 2 atom stereocenters. The van der Waals surface area contributed by atoms with Gasteiger partial charge in [0.15, 0.2) is 0 Å². The maximum Gasteiger partial charge on any atom is 0.343 e. The average molecular weight is 286 g/mol. The number of esters is 1. The van der Waals surface area contributed by atoms with Crippen LogP contribution in [-0.4, -0.2) is 25.3 Å². The minimum absolute atomic E-state index is 0.0498. The number of rotatable bonds is 3. The number of carbonyl (C=O) groups excluding carboxylic acids is 1. The van der Waals surface area contributed by atoms with Gasteiger partial charge in [0.05, 0.1) is 30.3 Å². The van der Waals surface area contributed by atoms with Crippen LogP contribution in [0.5, 0.6) is 5.75 Å². The number of hydrogen-bond donors (Lipinski definition) is 0. The number of ether oxygens (including phenoxy) is 3. The molecule has 0 saturated heterocycles. The molecule has 0 radical (unpaired) electrons. The first kappa shape index (κ1) is 13.9. The van der Waals surface area contributed by atoms with Crippen LogP contribution in [0.1, 0.15) is 24.2 Å². The molecule has 2 heterocycles. The molecule has 3 rings (SSSR count). The van der Waals surface area contributed by atoms with Crippen molar-refractivity contribution in [1.82, 2.24) is 0 Å². The van der Waals surface area contributed by atoms with Crippen molar-refractivity contribution in [2.45, 2.75) is 26.1 Å². The van der Waals surface area contributed by atoms with Gasteiger partial charge in [0.2, 0.25) is 0 Å². The van der Waals surface area contributed by atoms with Crippen molar-refractivity contribution in [3.8, 4) is 5.75 Å². The molecule has 1 aromatic rings. The van der Waals surface area contributed by atoms with E-state index in [1.165, 1.54) is 0 Å². The summed E-state index contributed by atoms with van der Waals surface area (Å²) in [5, 5.41) is 0. The summed E-state index contributed by atoms with van der Waals surface area (Å²) < 4.78 is 16.5. The summed E-state index contributed by atoms with van der Waals surface area (Å²) in [6.07, 6.45) is 5.73. The van der Waals surface area contributed by atoms with Crippen molar-refractivity contribution in [3.05, 3.63) is 53.8 Å². The highest BCUT2D eigenvalue weighted by Gasteiger charge is 2.42. The Morgan fingerprint density at radius 2 is 1.90 bits per heavy atom. The van der Waals surface area contributed by atoms with Gasteiger partial charge in [-0.05, 0) is 44.2 Å². The molecule has 110 valence electrons. The first-order chi connectivity index (χ1) is 10.0. The Hall–Kier alpha value is -2.07. The summed E-state index contributed by atoms with van der Waals surface area (Å²) in [4.78, 5) is 12.3. The smallest absolute Gasteiger partial charge is 0.343 e. The molecule has 0 saturated carbocycles. The molecule has 0 amide bonds. The van der Waals surface area contributed by atoms with E-state index in [2.05, 4.69) is 0 Å². The molecule has 2 unspecified atom stereocenters. The lowest BCUT2D eigenvalue weighted by atomic mass is 9.83. The standard InChI is InChI=1S/C17H18O4/c1-17(2)14-9-8-13(20-14)10-15(17)21-16(18)11-4-6-12(19-3)7-5-11/h4-10,13-14H,1-3H3. The van der Waals surface area contributed by atoms with E-state index in [0.717, 1.165) is 0 Å². The first-order valence-electron chi connectivity index (χ1n) is 6.93. The Bertz CT molecular complexity index is 610. The van der Waals surface area contributed by atoms with Crippen LogP contribution in [-0.2, 0) is 9.47 Å². The predicted molar refractivity (Wildman–Crippen MR) is 78.1 cm³/mol. The van der Waals surface area contributed by atoms with Crippen LogP contribution in [0.25, 0.3) is 0 Å². The fourth-order valence-corrected chi connectivity index (χ4v) is 2.53. The largest absolute Gasteiger partial charge is 0.497 e. The van der Waals surface area contributed by atoms with Gasteiger partial charge in [-0.15, -0.1) is 0 Å². The Labute approximate surface area is 124 Å². The number of benzene rings is 1. The minimum Gasteiger partial charge on any atom is -0.497 e. The fraction of sp³-hybridized carbons (Fsp3) is 0.353. The molecule has 4 heteroatoms. The van der Waals surface area contributed by atoms with Gasteiger partial charge in [0.25, 0.3) is 0 Å². The van der Waals surface area contributed by atoms with Gasteiger partial charge in [0, 0.05) is 0 Å². The number of methoxy groups -OCH3 is 1. The zero-order valence-electron chi connectivity index (χ0n) is 12.3. The second-order valence-electron chi connectivity index (χ2n) is 5.78. The predicted octanol–water partition coefficient (Wildman–Crippen LogP) is 3.10. The maximum absolute atomic E-state index is 12.3. The summed E-state index contributed by atoms with van der Waals surface area (Å²) in [5.41, 5.74) is 0.144. The lowest BCUT2D eigenvalue weighted by molar-refractivity contribution is -0.0200. The van der Waals surface area contributed by atoms with Gasteiger partial charge in [0.1, 0.15) is 11.5 Å². The second-order valence-corrected chi connectivity index (χ2v) is 5.78. The monoisotopic (exact) mass is 286 g/mol. The topological polar surface area (TPSA) is 44.8 Å². The molecule has 21 heavy (non-hydrogen) atoms. The Kier molecular flexibility index (Phi) is 3.33. The first-order valence-corrected chi connectivity index (χ1v) is 6.93. The summed E-state index contributed by atoms with van der Waals surface area (Å²) >= 11 is 0. The van der Waals surface area contributed by atoms with Crippen molar-refractivity contribution < 1.29 is 19.0 Å². The van der Waals surface area contributed by atoms with Crippen molar-refractivity contribution in [3.63, 3.8) is 0 Å². The van der Waals surface area contributed by atoms with Gasteiger partial charge in [-0.3, -0.25) is 0 Å². The highest BCUT2D eigenvalue weighted by atomic mass is 16.6. The number of hydrogen-bond acceptors (Lipinski definition) is 4. The van der Waals surface area contributed by atoms with E-state index in [9.17, 15) is 4.79 Å². The molecule has 2 aliphatic rings. The molecule has 0 aliphatic carbocycles. The summed E-state index contributed by atoms with van der Waals surface area (Å²) in [7, 11) is 1.59. The van der Waals surface area contributed by atoms with Gasteiger partial charge in [-0.1, -0.05) is 12.2 Å². The van der Waals surface area contributed by atoms with Crippen molar-refractivity contribution in [2.24, 2.45) is 5.41 Å². The van der Waals surface area contributed by atoms with E-state index in [0.29, 0.717) is 17.1 Å². The van der Waals surface area contributed by atoms with Crippen molar-refractivity contribution in [2.75, 3.05) is 7.11 Å². The molecule has 0 aromatic heterocycles. The molecule has 2 bridgehead atoms. The molecule has 0 fully saturated rings. The quantitative estimate of drug-likeness (QED) is 0.632. The van der Waals surface area contributed by atoms with Crippen LogP contribution < -0.4 is 4.74 Å². The summed E-state index contributed by atoms with van der Waals surface area (Å²) in [6, 6.07) is 6.87. The van der Waals surface area contributed by atoms with Gasteiger partial charge < -0.3 is 14.2 Å². The highest BCUT2D eigenvalue weighted by Crippen LogP contribution is 2.42. The molecule has 2 aliphatic heterocycles. The third kappa shape index (κ3) is 2.47. The van der Waals surface area contributed by atoms with Crippen molar-refractivity contribution >= 4 is 5.97 Å². The van der Waals surface area contributed by atoms with E-state index in [1.54, 1.807) is 31.4 Å². The maximum atomic E-state index is 12.3. The zero-order valence-corrected chi connectivity index (χ0v) is 12.3. The van der Waals surface area contributed by atoms with Gasteiger partial charge >= 0.3 is 5.97 Å². The average Bonchev–Trinajstić information content (AvgIpc) is 2.91. The highest BCUT2D eigenvalue weighted by molar-refractivity contribution is 5.90. The lowest BCUT2D eigenvalue weighted by Crippen LogP contribution is -2.37. The Morgan fingerprint density at radius 3 is 2.57 bits per heavy atom. The van der Waals surface area contributed by atoms with Crippen LogP contribution in [0, 0.1) is 5.41 Å². The summed E-state index contributed by atoms with van der Waals surface area (Å²) in [6.45, 7) is 4.02. The third-order valence-corrected chi connectivity index (χ3v) is 3.97. The van der Waals surface area contributed by atoms with Gasteiger partial charge in [-0.25, -0.2) is 4.79 Å². The van der Waals surface area contributed by atoms with E-state index in [-0.39, 0.29) is 23.6 Å². The molecule has 4 nitrogen and oxygen atoms in total. The van der Waals surface area contributed by atoms with E-state index < -0.39 is 0 Å². The van der Waals surface area contributed by atoms with Crippen LogP contribution in [0.15, 0.2) is 48.3 Å². The molecular weight excluding hydrogens is 268 g/mol. The molecule has 0 N–H and O–H groups in total. The van der Waals surface area contributed by atoms with E-state index in [4.69, 9.17) is 14.2 Å². The van der Waals surface area contributed by atoms with Crippen LogP contribution >= 0.6 is 0 Å². The van der Waals surface area contributed by atoms with Crippen LogP contribution in [0.4, 0.5) is 0 Å². The lowest BCUT2D eigenvalue weighted by Gasteiger charge is -2.36. The Balaban J connectivity index is 1.78.